The zero-order chi connectivity index (χ0) is 17.4. The van der Waals surface area contributed by atoms with Crippen molar-refractivity contribution >= 4 is 22.6 Å². The summed E-state index contributed by atoms with van der Waals surface area (Å²) in [6.07, 6.45) is 3.93. The molecule has 0 aliphatic heterocycles. The lowest BCUT2D eigenvalue weighted by atomic mass is 9.98. The number of pyridine rings is 1. The minimum Gasteiger partial charge on any atom is -0.496 e. The van der Waals surface area contributed by atoms with Gasteiger partial charge in [-0.2, -0.15) is 0 Å². The molecule has 0 saturated heterocycles. The van der Waals surface area contributed by atoms with Crippen LogP contribution in [0.3, 0.4) is 0 Å². The Labute approximate surface area is 146 Å². The molecule has 2 aromatic carbocycles. The van der Waals surface area contributed by atoms with Gasteiger partial charge in [-0.25, -0.2) is 0 Å². The van der Waals surface area contributed by atoms with Gasteiger partial charge in [0.15, 0.2) is 6.29 Å². The summed E-state index contributed by atoms with van der Waals surface area (Å²) < 4.78 is 7.48. The fraction of sp³-hybridized carbons (Fsp3) is 0.136. The van der Waals surface area contributed by atoms with Crippen LogP contribution in [0.5, 0.6) is 5.75 Å². The Bertz CT molecular complexity index is 1090. The molecule has 4 rings (SSSR count). The normalized spacial score (nSPS) is 11.1. The summed E-state index contributed by atoms with van der Waals surface area (Å²) in [7, 11) is 1.68. The number of nitrogens with zero attached hydrogens (tertiary/aromatic N) is 1. The van der Waals surface area contributed by atoms with E-state index in [2.05, 4.69) is 31.2 Å². The zero-order valence-electron chi connectivity index (χ0n) is 14.3. The van der Waals surface area contributed by atoms with Gasteiger partial charge in [0.1, 0.15) is 5.75 Å². The van der Waals surface area contributed by atoms with Crippen molar-refractivity contribution in [3.8, 4) is 16.9 Å². The minimum atomic E-state index is 0.681. The lowest BCUT2D eigenvalue weighted by Gasteiger charge is -2.10. The molecule has 0 aliphatic carbocycles. The molecule has 0 saturated carbocycles. The molecule has 2 aromatic heterocycles. The monoisotopic (exact) mass is 329 g/mol. The summed E-state index contributed by atoms with van der Waals surface area (Å²) in [5, 5.41) is 2.13. The number of hydrogen-bond acceptors (Lipinski definition) is 2. The lowest BCUT2D eigenvalue weighted by Crippen LogP contribution is -1.95. The van der Waals surface area contributed by atoms with E-state index in [4.69, 9.17) is 4.74 Å². The van der Waals surface area contributed by atoms with E-state index in [9.17, 15) is 4.79 Å². The van der Waals surface area contributed by atoms with Gasteiger partial charge in [0, 0.05) is 22.7 Å². The van der Waals surface area contributed by atoms with Gasteiger partial charge < -0.3 is 9.14 Å². The van der Waals surface area contributed by atoms with Gasteiger partial charge in [0.25, 0.3) is 0 Å². The molecule has 0 unspecified atom stereocenters. The third-order valence-corrected chi connectivity index (χ3v) is 4.78. The molecular formula is C22H19NO2. The minimum absolute atomic E-state index is 0.681. The van der Waals surface area contributed by atoms with Gasteiger partial charge in [-0.3, -0.25) is 4.79 Å². The van der Waals surface area contributed by atoms with Crippen LogP contribution in [0, 0.1) is 0 Å². The standard InChI is InChI=1S/C22H19NO2/c1-3-15-8-9-16-12-20(21(14-24)23(16)13-15)18-10-11-22(25-2)19-7-5-4-6-17(18)19/h4-14H,3H2,1-2H3. The molecular weight excluding hydrogens is 310 g/mol. The number of benzene rings is 2. The van der Waals surface area contributed by atoms with E-state index in [0.717, 1.165) is 45.9 Å². The predicted octanol–water partition coefficient (Wildman–Crippen LogP) is 5.14. The van der Waals surface area contributed by atoms with E-state index in [1.54, 1.807) is 7.11 Å². The second-order valence-electron chi connectivity index (χ2n) is 6.11. The first-order valence-corrected chi connectivity index (χ1v) is 8.42. The van der Waals surface area contributed by atoms with Crippen molar-refractivity contribution in [2.45, 2.75) is 13.3 Å². The van der Waals surface area contributed by atoms with Gasteiger partial charge in [0.2, 0.25) is 0 Å². The Morgan fingerprint density at radius 1 is 1.00 bits per heavy atom. The number of aromatic nitrogens is 1. The summed E-state index contributed by atoms with van der Waals surface area (Å²) in [6.45, 7) is 2.11. The Kier molecular flexibility index (Phi) is 3.77. The highest BCUT2D eigenvalue weighted by molar-refractivity contribution is 6.04. The highest BCUT2D eigenvalue weighted by Gasteiger charge is 2.15. The number of carbonyl (C=O) groups is 1. The van der Waals surface area contributed by atoms with Crippen LogP contribution in [-0.2, 0) is 6.42 Å². The number of hydrogen-bond donors (Lipinski definition) is 0. The summed E-state index contributed by atoms with van der Waals surface area (Å²) in [4.78, 5) is 11.9. The maximum atomic E-state index is 11.9. The van der Waals surface area contributed by atoms with Crippen molar-refractivity contribution in [1.82, 2.24) is 4.40 Å². The first-order valence-electron chi connectivity index (χ1n) is 8.42. The second-order valence-corrected chi connectivity index (χ2v) is 6.11. The van der Waals surface area contributed by atoms with Gasteiger partial charge in [-0.1, -0.05) is 37.3 Å². The number of aryl methyl sites for hydroxylation is 1. The van der Waals surface area contributed by atoms with E-state index < -0.39 is 0 Å². The van der Waals surface area contributed by atoms with Crippen LogP contribution in [0.4, 0.5) is 0 Å². The molecule has 0 fully saturated rings. The molecule has 3 nitrogen and oxygen atoms in total. The lowest BCUT2D eigenvalue weighted by molar-refractivity contribution is 0.111. The zero-order valence-corrected chi connectivity index (χ0v) is 14.3. The smallest absolute Gasteiger partial charge is 0.167 e. The largest absolute Gasteiger partial charge is 0.496 e. The maximum absolute atomic E-state index is 11.9. The van der Waals surface area contributed by atoms with Crippen LogP contribution in [0.1, 0.15) is 23.0 Å². The number of ether oxygens (including phenoxy) is 1. The van der Waals surface area contributed by atoms with E-state index in [0.29, 0.717) is 5.69 Å². The van der Waals surface area contributed by atoms with Crippen molar-refractivity contribution < 1.29 is 9.53 Å². The molecule has 0 atom stereocenters. The second kappa shape index (κ2) is 6.10. The molecule has 25 heavy (non-hydrogen) atoms. The molecule has 0 spiro atoms. The average Bonchev–Trinajstić information content (AvgIpc) is 3.04. The highest BCUT2D eigenvalue weighted by Crippen LogP contribution is 2.36. The molecule has 0 amide bonds. The summed E-state index contributed by atoms with van der Waals surface area (Å²) in [5.74, 6) is 0.837. The molecule has 0 N–H and O–H groups in total. The Hall–Kier alpha value is -3.07. The van der Waals surface area contributed by atoms with Crippen LogP contribution in [0.15, 0.2) is 60.8 Å². The van der Waals surface area contributed by atoms with Crippen molar-refractivity contribution in [3.05, 3.63) is 72.1 Å². The van der Waals surface area contributed by atoms with Crippen LogP contribution in [0.25, 0.3) is 27.4 Å². The van der Waals surface area contributed by atoms with Gasteiger partial charge in [-0.05, 0) is 47.2 Å². The van der Waals surface area contributed by atoms with E-state index in [-0.39, 0.29) is 0 Å². The third kappa shape index (κ3) is 2.40. The van der Waals surface area contributed by atoms with Gasteiger partial charge >= 0.3 is 0 Å². The Morgan fingerprint density at radius 2 is 1.80 bits per heavy atom. The average molecular weight is 329 g/mol. The van der Waals surface area contributed by atoms with Crippen molar-refractivity contribution in [2.75, 3.05) is 7.11 Å². The number of rotatable bonds is 4. The van der Waals surface area contributed by atoms with Crippen molar-refractivity contribution in [2.24, 2.45) is 0 Å². The van der Waals surface area contributed by atoms with Crippen LogP contribution in [-0.4, -0.2) is 17.8 Å². The fourth-order valence-corrected chi connectivity index (χ4v) is 3.46. The molecule has 124 valence electrons. The van der Waals surface area contributed by atoms with Gasteiger partial charge in [0.05, 0.1) is 12.8 Å². The summed E-state index contributed by atoms with van der Waals surface area (Å²) in [6, 6.07) is 18.4. The van der Waals surface area contributed by atoms with Crippen molar-refractivity contribution in [1.29, 1.82) is 0 Å². The molecule has 0 bridgehead atoms. The number of fused-ring (bicyclic) bond motifs is 2. The number of methoxy groups -OCH3 is 1. The molecule has 0 radical (unpaired) electrons. The first kappa shape index (κ1) is 15.5. The van der Waals surface area contributed by atoms with E-state index in [1.165, 1.54) is 5.56 Å². The maximum Gasteiger partial charge on any atom is 0.167 e. The Balaban J connectivity index is 2.05. The van der Waals surface area contributed by atoms with Gasteiger partial charge in [-0.15, -0.1) is 0 Å². The van der Waals surface area contributed by atoms with E-state index >= 15 is 0 Å². The van der Waals surface area contributed by atoms with Crippen LogP contribution < -0.4 is 4.74 Å². The van der Waals surface area contributed by atoms with Crippen LogP contribution in [0.2, 0.25) is 0 Å². The van der Waals surface area contributed by atoms with Crippen molar-refractivity contribution in [3.63, 3.8) is 0 Å². The quantitative estimate of drug-likeness (QED) is 0.485. The summed E-state index contributed by atoms with van der Waals surface area (Å²) >= 11 is 0. The third-order valence-electron chi connectivity index (χ3n) is 4.78. The highest BCUT2D eigenvalue weighted by atomic mass is 16.5. The van der Waals surface area contributed by atoms with E-state index in [1.807, 2.05) is 40.9 Å². The van der Waals surface area contributed by atoms with Crippen LogP contribution >= 0.6 is 0 Å². The SMILES string of the molecule is CCc1ccc2cc(-c3ccc(OC)c4ccccc34)c(C=O)n2c1. The topological polar surface area (TPSA) is 30.7 Å². The molecule has 3 heteroatoms. The first-order chi connectivity index (χ1) is 12.3. The summed E-state index contributed by atoms with van der Waals surface area (Å²) in [5.41, 5.74) is 4.90. The molecule has 4 aromatic rings. The number of aldehydes is 1. The molecule has 2 heterocycles. The predicted molar refractivity (Wildman–Crippen MR) is 102 cm³/mol. The molecule has 0 aliphatic rings. The Morgan fingerprint density at radius 3 is 2.52 bits per heavy atom. The fourth-order valence-electron chi connectivity index (χ4n) is 3.46. The number of carbonyl (C=O) groups excluding carboxylic acids is 1.